The first kappa shape index (κ1) is 24.3. The van der Waals surface area contributed by atoms with Crippen molar-refractivity contribution in [2.45, 2.75) is 55.6 Å². The molecule has 2 aromatic heterocycles. The summed E-state index contributed by atoms with van der Waals surface area (Å²) in [6.45, 7) is 2.18. The summed E-state index contributed by atoms with van der Waals surface area (Å²) < 4.78 is 25.5. The Hall–Kier alpha value is -3.38. The molecule has 5 nitrogen and oxygen atoms in total. The van der Waals surface area contributed by atoms with Gasteiger partial charge in [0.25, 0.3) is 0 Å². The van der Waals surface area contributed by atoms with Gasteiger partial charge in [-0.15, -0.1) is 0 Å². The van der Waals surface area contributed by atoms with Crippen molar-refractivity contribution < 1.29 is 13.2 Å². The van der Waals surface area contributed by atoms with E-state index in [1.165, 1.54) is 10.9 Å². The van der Waals surface area contributed by atoms with Crippen molar-refractivity contribution in [1.29, 1.82) is 0 Å². The zero-order valence-electron chi connectivity index (χ0n) is 20.4. The van der Waals surface area contributed by atoms with Crippen LogP contribution in [0.2, 0.25) is 0 Å². The Morgan fingerprint density at radius 1 is 1.03 bits per heavy atom. The van der Waals surface area contributed by atoms with E-state index in [1.54, 1.807) is 36.5 Å². The summed E-state index contributed by atoms with van der Waals surface area (Å²) in [5, 5.41) is 2.31. The van der Waals surface area contributed by atoms with Crippen LogP contribution in [-0.4, -0.2) is 24.2 Å². The number of hydrogen-bond donors (Lipinski definition) is 0. The van der Waals surface area contributed by atoms with Crippen molar-refractivity contribution in [3.05, 3.63) is 102 Å². The molecule has 36 heavy (non-hydrogen) atoms. The van der Waals surface area contributed by atoms with Gasteiger partial charge in [-0.2, -0.15) is 0 Å². The van der Waals surface area contributed by atoms with E-state index in [4.69, 9.17) is 0 Å². The predicted octanol–water partition coefficient (Wildman–Crippen LogP) is 5.86. The lowest BCUT2D eigenvalue weighted by Crippen LogP contribution is -2.07. The molecular weight excluding hydrogens is 468 g/mol. The van der Waals surface area contributed by atoms with Gasteiger partial charge in [0.2, 0.25) is 0 Å². The molecule has 0 amide bonds. The van der Waals surface area contributed by atoms with E-state index in [0.717, 1.165) is 42.2 Å². The van der Waals surface area contributed by atoms with Crippen LogP contribution in [-0.2, 0) is 33.2 Å². The summed E-state index contributed by atoms with van der Waals surface area (Å²) in [7, 11) is -3.47. The monoisotopic (exact) mass is 498 g/mol. The van der Waals surface area contributed by atoms with Crippen LogP contribution in [0.5, 0.6) is 0 Å². The zero-order chi connectivity index (χ0) is 25.1. The van der Waals surface area contributed by atoms with Crippen molar-refractivity contribution in [1.82, 2.24) is 9.97 Å². The molecule has 0 aliphatic heterocycles. The molecular formula is C30H30N2O3S. The zero-order valence-corrected chi connectivity index (χ0v) is 21.2. The van der Waals surface area contributed by atoms with Gasteiger partial charge in [0, 0.05) is 36.3 Å². The van der Waals surface area contributed by atoms with E-state index >= 15 is 0 Å². The fourth-order valence-corrected chi connectivity index (χ4v) is 6.16. The normalized spacial score (nSPS) is 17.2. The summed E-state index contributed by atoms with van der Waals surface area (Å²) in [4.78, 5) is 21.8. The number of carbonyl (C=O) groups excluding carboxylic acids is 1. The Labute approximate surface area is 212 Å². The standard InChI is InChI=1S/C30H30N2O3S/c1-2-3-6-23-18-31-19-24-9-8-21(15-27(23)24)16-30(33)29-17-28(29)22-10-12-26(13-11-22)36(34,35)20-25-7-4-5-14-32-25/h4-5,7-15,18-19,28-29H,2-3,6,16-17,20H2,1H3/t28?,29-/m1/s1. The number of sulfone groups is 1. The summed E-state index contributed by atoms with van der Waals surface area (Å²) >= 11 is 0. The molecule has 0 saturated heterocycles. The number of hydrogen-bond acceptors (Lipinski definition) is 5. The average molecular weight is 499 g/mol. The molecule has 2 atom stereocenters. The van der Waals surface area contributed by atoms with Gasteiger partial charge in [-0.25, -0.2) is 8.42 Å². The highest BCUT2D eigenvalue weighted by atomic mass is 32.2. The van der Waals surface area contributed by atoms with Gasteiger partial charge in [0.1, 0.15) is 5.78 Å². The highest BCUT2D eigenvalue weighted by molar-refractivity contribution is 7.90. The smallest absolute Gasteiger partial charge is 0.184 e. The van der Waals surface area contributed by atoms with Gasteiger partial charge in [-0.05, 0) is 71.5 Å². The topological polar surface area (TPSA) is 77.0 Å². The molecule has 1 unspecified atom stereocenters. The largest absolute Gasteiger partial charge is 0.299 e. The second-order valence-corrected chi connectivity index (χ2v) is 11.7. The lowest BCUT2D eigenvalue weighted by molar-refractivity contribution is -0.119. The summed E-state index contributed by atoms with van der Waals surface area (Å²) in [6.07, 6.45) is 9.91. The van der Waals surface area contributed by atoms with Gasteiger partial charge in [0.15, 0.2) is 9.84 Å². The number of aromatic nitrogens is 2. The first-order valence-electron chi connectivity index (χ1n) is 12.6. The molecule has 1 fully saturated rings. The van der Waals surface area contributed by atoms with Gasteiger partial charge in [-0.3, -0.25) is 14.8 Å². The number of rotatable bonds is 10. The first-order chi connectivity index (χ1) is 17.4. The predicted molar refractivity (Wildman–Crippen MR) is 141 cm³/mol. The second-order valence-electron chi connectivity index (χ2n) is 9.70. The van der Waals surface area contributed by atoms with Crippen molar-refractivity contribution in [3.63, 3.8) is 0 Å². The van der Waals surface area contributed by atoms with E-state index in [9.17, 15) is 13.2 Å². The number of aryl methyl sites for hydroxylation is 1. The van der Waals surface area contributed by atoms with E-state index in [1.807, 2.05) is 30.6 Å². The molecule has 0 spiro atoms. The number of unbranched alkanes of at least 4 members (excludes halogenated alkanes) is 1. The Balaban J connectivity index is 1.24. The van der Waals surface area contributed by atoms with Crippen molar-refractivity contribution in [2.24, 2.45) is 5.92 Å². The Kier molecular flexibility index (Phi) is 6.97. The molecule has 1 aliphatic rings. The van der Waals surface area contributed by atoms with Crippen LogP contribution >= 0.6 is 0 Å². The van der Waals surface area contributed by atoms with Crippen LogP contribution < -0.4 is 0 Å². The summed E-state index contributed by atoms with van der Waals surface area (Å²) in [5.74, 6) is 0.276. The Morgan fingerprint density at radius 2 is 1.86 bits per heavy atom. The first-order valence-corrected chi connectivity index (χ1v) is 14.2. The molecule has 2 heterocycles. The molecule has 4 aromatic rings. The molecule has 5 rings (SSSR count). The maximum absolute atomic E-state index is 13.1. The van der Waals surface area contributed by atoms with Crippen LogP contribution in [0.1, 0.15) is 54.5 Å². The van der Waals surface area contributed by atoms with Gasteiger partial charge < -0.3 is 0 Å². The minimum absolute atomic E-state index is 0.00586. The van der Waals surface area contributed by atoms with E-state index in [0.29, 0.717) is 12.1 Å². The summed E-state index contributed by atoms with van der Waals surface area (Å²) in [6, 6.07) is 18.5. The quantitative estimate of drug-likeness (QED) is 0.274. The van der Waals surface area contributed by atoms with Crippen LogP contribution in [0.4, 0.5) is 0 Å². The van der Waals surface area contributed by atoms with Crippen molar-refractivity contribution in [2.75, 3.05) is 0 Å². The van der Waals surface area contributed by atoms with Gasteiger partial charge in [-0.1, -0.05) is 49.7 Å². The molecule has 184 valence electrons. The number of fused-ring (bicyclic) bond motifs is 1. The molecule has 1 aliphatic carbocycles. The Bertz CT molecular complexity index is 1480. The average Bonchev–Trinajstić information content (AvgIpc) is 3.69. The minimum atomic E-state index is -3.47. The number of pyridine rings is 2. The number of benzene rings is 2. The van der Waals surface area contributed by atoms with Crippen LogP contribution in [0, 0.1) is 5.92 Å². The number of nitrogens with zero attached hydrogens (tertiary/aromatic N) is 2. The molecule has 2 aromatic carbocycles. The number of carbonyl (C=O) groups is 1. The van der Waals surface area contributed by atoms with Crippen molar-refractivity contribution in [3.8, 4) is 0 Å². The third-order valence-corrected chi connectivity index (χ3v) is 8.69. The molecule has 0 radical (unpaired) electrons. The van der Waals surface area contributed by atoms with E-state index in [2.05, 4.69) is 29.0 Å². The van der Waals surface area contributed by atoms with Crippen LogP contribution in [0.15, 0.2) is 84.1 Å². The number of Topliss-reactive ketones (excluding diaryl/α,β-unsaturated/α-hetero) is 1. The minimum Gasteiger partial charge on any atom is -0.299 e. The number of ketones is 1. The highest BCUT2D eigenvalue weighted by Gasteiger charge is 2.43. The highest BCUT2D eigenvalue weighted by Crippen LogP contribution is 2.48. The fourth-order valence-electron chi connectivity index (χ4n) is 4.88. The maximum Gasteiger partial charge on any atom is 0.184 e. The fraction of sp³-hybridized carbons (Fsp3) is 0.300. The lowest BCUT2D eigenvalue weighted by Gasteiger charge is -2.08. The lowest BCUT2D eigenvalue weighted by atomic mass is 9.97. The summed E-state index contributed by atoms with van der Waals surface area (Å²) in [5.41, 5.74) is 3.83. The third kappa shape index (κ3) is 5.39. The molecule has 0 N–H and O–H groups in total. The third-order valence-electron chi connectivity index (χ3n) is 7.02. The maximum atomic E-state index is 13.1. The molecule has 6 heteroatoms. The van der Waals surface area contributed by atoms with E-state index < -0.39 is 9.84 Å². The second kappa shape index (κ2) is 10.3. The van der Waals surface area contributed by atoms with Crippen LogP contribution in [0.25, 0.3) is 10.8 Å². The van der Waals surface area contributed by atoms with Crippen molar-refractivity contribution >= 4 is 26.4 Å². The van der Waals surface area contributed by atoms with E-state index in [-0.39, 0.29) is 28.3 Å². The SMILES string of the molecule is CCCCc1cncc2ccc(CC(=O)[C@@H]3CC3c3ccc(S(=O)(=O)Cc4ccccn4)cc3)cc12. The van der Waals surface area contributed by atoms with Gasteiger partial charge >= 0.3 is 0 Å². The van der Waals surface area contributed by atoms with Gasteiger partial charge in [0.05, 0.1) is 16.3 Å². The molecule has 0 bridgehead atoms. The molecule has 1 saturated carbocycles. The Morgan fingerprint density at radius 3 is 2.61 bits per heavy atom. The van der Waals surface area contributed by atoms with Crippen LogP contribution in [0.3, 0.4) is 0 Å².